The minimum atomic E-state index is 0.371. The summed E-state index contributed by atoms with van der Waals surface area (Å²) in [5, 5.41) is 20.1. The standard InChI is InChI=1S/C36H38O2.C18H22O2.C9H9Cl/c1-9-29-11-15-31(16-12-29)21-37-35-23(3)19-33(25(5)27(35)7)34-20-24(4)36(28(8)26(34)6)38-22-32-17-13-30(10-2)14-18-32;1-9-7-15(11(3)13(5)17(9)19)16-8-10(2)18(20)14(6)12(16)4;1-2-8-3-5-9(7-10)6-4-8/h9-20H,1-2,21-22H2,3-8H3;7-8,19-20H,1-6H3;2-6H,1,7H2. The second kappa shape index (κ2) is 23.3. The Kier molecular flexibility index (Phi) is 17.9. The van der Waals surface area contributed by atoms with Gasteiger partial charge in [-0.2, -0.15) is 0 Å². The third-order valence-electron chi connectivity index (χ3n) is 13.3. The fourth-order valence-electron chi connectivity index (χ4n) is 8.37. The number of aryl methyl sites for hydroxylation is 4. The molecule has 0 unspecified atom stereocenters. The Morgan fingerprint density at radius 3 is 0.926 bits per heavy atom. The lowest BCUT2D eigenvalue weighted by atomic mass is 9.88. The van der Waals surface area contributed by atoms with Crippen LogP contribution in [0.3, 0.4) is 0 Å². The molecule has 7 rings (SSSR count). The van der Waals surface area contributed by atoms with Crippen LogP contribution in [-0.4, -0.2) is 10.2 Å². The molecule has 7 aromatic carbocycles. The van der Waals surface area contributed by atoms with Gasteiger partial charge in [-0.05, 0) is 230 Å². The summed E-state index contributed by atoms with van der Waals surface area (Å²) in [4.78, 5) is 0. The lowest BCUT2D eigenvalue weighted by molar-refractivity contribution is 0.301. The molecular weight excluding hydrogens is 856 g/mol. The summed E-state index contributed by atoms with van der Waals surface area (Å²) in [6.07, 6.45) is 5.53. The summed E-state index contributed by atoms with van der Waals surface area (Å²) in [7, 11) is 0. The van der Waals surface area contributed by atoms with E-state index in [2.05, 4.69) is 122 Å². The van der Waals surface area contributed by atoms with Crippen molar-refractivity contribution in [1.82, 2.24) is 0 Å². The number of hydrogen-bond donors (Lipinski definition) is 2. The number of aromatic hydroxyl groups is 2. The van der Waals surface area contributed by atoms with Crippen molar-refractivity contribution in [3.63, 3.8) is 0 Å². The van der Waals surface area contributed by atoms with Crippen molar-refractivity contribution in [2.24, 2.45) is 0 Å². The molecule has 0 saturated carbocycles. The lowest BCUT2D eigenvalue weighted by Crippen LogP contribution is -2.04. The second-order valence-electron chi connectivity index (χ2n) is 17.9. The van der Waals surface area contributed by atoms with Gasteiger partial charge in [0.05, 0.1) is 0 Å². The summed E-state index contributed by atoms with van der Waals surface area (Å²) in [5.41, 5.74) is 24.4. The van der Waals surface area contributed by atoms with Crippen LogP contribution in [0.5, 0.6) is 23.0 Å². The van der Waals surface area contributed by atoms with E-state index in [1.54, 1.807) is 0 Å². The summed E-state index contributed by atoms with van der Waals surface area (Å²) >= 11 is 5.60. The first-order chi connectivity index (χ1) is 32.3. The molecule has 0 atom stereocenters. The molecule has 0 aromatic heterocycles. The number of ether oxygens (including phenoxy) is 2. The molecule has 0 aliphatic heterocycles. The molecule has 0 fully saturated rings. The van der Waals surface area contributed by atoms with Gasteiger partial charge in [0.2, 0.25) is 0 Å². The van der Waals surface area contributed by atoms with Crippen LogP contribution in [0, 0.1) is 83.1 Å². The van der Waals surface area contributed by atoms with Crippen molar-refractivity contribution in [2.75, 3.05) is 0 Å². The van der Waals surface area contributed by atoms with Gasteiger partial charge in [0, 0.05) is 5.88 Å². The van der Waals surface area contributed by atoms with Gasteiger partial charge in [-0.1, -0.05) is 111 Å². The molecular formula is C63H69ClO4. The minimum Gasteiger partial charge on any atom is -0.507 e. The monoisotopic (exact) mass is 924 g/mol. The van der Waals surface area contributed by atoms with E-state index in [4.69, 9.17) is 21.1 Å². The Bertz CT molecular complexity index is 2760. The first-order valence-corrected chi connectivity index (χ1v) is 23.7. The fourth-order valence-corrected chi connectivity index (χ4v) is 8.55. The largest absolute Gasteiger partial charge is 0.507 e. The number of alkyl halides is 1. The maximum absolute atomic E-state index is 10.0. The zero-order valence-electron chi connectivity index (χ0n) is 42.3. The number of hydrogen-bond acceptors (Lipinski definition) is 4. The molecule has 352 valence electrons. The average molecular weight is 926 g/mol. The van der Waals surface area contributed by atoms with Gasteiger partial charge in [0.25, 0.3) is 0 Å². The Morgan fingerprint density at radius 1 is 0.382 bits per heavy atom. The minimum absolute atomic E-state index is 0.371. The van der Waals surface area contributed by atoms with E-state index in [0.29, 0.717) is 30.6 Å². The third-order valence-corrected chi connectivity index (χ3v) is 13.6. The Hall–Kier alpha value is -6.75. The maximum Gasteiger partial charge on any atom is 0.125 e. The molecule has 0 bridgehead atoms. The van der Waals surface area contributed by atoms with Crippen LogP contribution in [0.15, 0.2) is 117 Å². The summed E-state index contributed by atoms with van der Waals surface area (Å²) in [6.45, 7) is 37.1. The molecule has 5 heteroatoms. The van der Waals surface area contributed by atoms with E-state index in [-0.39, 0.29) is 0 Å². The Morgan fingerprint density at radius 2 is 0.647 bits per heavy atom. The Labute approximate surface area is 411 Å². The number of phenolic OH excluding ortho intramolecular Hbond substituents is 2. The molecule has 0 aliphatic carbocycles. The van der Waals surface area contributed by atoms with Gasteiger partial charge in [-0.15, -0.1) is 11.6 Å². The predicted molar refractivity (Wildman–Crippen MR) is 292 cm³/mol. The van der Waals surface area contributed by atoms with E-state index in [1.807, 2.05) is 96.2 Å². The molecule has 0 radical (unpaired) electrons. The van der Waals surface area contributed by atoms with Gasteiger partial charge >= 0.3 is 0 Å². The van der Waals surface area contributed by atoms with Crippen LogP contribution in [0.1, 0.15) is 100 Å². The van der Waals surface area contributed by atoms with Crippen molar-refractivity contribution in [3.8, 4) is 45.3 Å². The highest BCUT2D eigenvalue weighted by molar-refractivity contribution is 6.17. The van der Waals surface area contributed by atoms with Crippen LogP contribution in [0.25, 0.3) is 40.5 Å². The van der Waals surface area contributed by atoms with Gasteiger partial charge in [-0.25, -0.2) is 0 Å². The van der Waals surface area contributed by atoms with Crippen molar-refractivity contribution >= 4 is 29.8 Å². The lowest BCUT2D eigenvalue weighted by Gasteiger charge is -2.22. The van der Waals surface area contributed by atoms with Gasteiger partial charge in [0.1, 0.15) is 36.2 Å². The quantitative estimate of drug-likeness (QED) is 0.120. The normalized spacial score (nSPS) is 10.6. The van der Waals surface area contributed by atoms with Crippen LogP contribution in [-0.2, 0) is 19.1 Å². The van der Waals surface area contributed by atoms with E-state index >= 15 is 0 Å². The van der Waals surface area contributed by atoms with Gasteiger partial charge < -0.3 is 19.7 Å². The van der Waals surface area contributed by atoms with Crippen LogP contribution < -0.4 is 9.47 Å². The number of benzene rings is 7. The molecule has 68 heavy (non-hydrogen) atoms. The molecule has 7 aromatic rings. The van der Waals surface area contributed by atoms with E-state index in [9.17, 15) is 10.2 Å². The SMILES string of the molecule is C=Cc1ccc(CCl)cc1.C=Cc1ccc(COc2c(C)cc(-c3cc(C)c(OCc4ccc(C=C)cc4)c(C)c3C)c(C)c2C)cc1.Cc1cc(-c2cc(C)c(O)c(C)c2C)c(C)c(C)c1O. The zero-order chi connectivity index (χ0) is 50.0. The number of phenols is 2. The van der Waals surface area contributed by atoms with Gasteiger partial charge in [0.15, 0.2) is 0 Å². The molecule has 0 heterocycles. The summed E-state index contributed by atoms with van der Waals surface area (Å²) in [6, 6.07) is 33.2. The highest BCUT2D eigenvalue weighted by atomic mass is 35.5. The van der Waals surface area contributed by atoms with E-state index in [0.717, 1.165) is 101 Å². The molecule has 0 saturated heterocycles. The van der Waals surface area contributed by atoms with Crippen LogP contribution in [0.4, 0.5) is 0 Å². The third kappa shape index (κ3) is 12.0. The first kappa shape index (κ1) is 52.2. The van der Waals surface area contributed by atoms with Crippen molar-refractivity contribution in [1.29, 1.82) is 0 Å². The van der Waals surface area contributed by atoms with Crippen molar-refractivity contribution < 1.29 is 19.7 Å². The zero-order valence-corrected chi connectivity index (χ0v) is 43.1. The van der Waals surface area contributed by atoms with Crippen molar-refractivity contribution in [2.45, 2.75) is 102 Å². The molecule has 0 amide bonds. The smallest absolute Gasteiger partial charge is 0.125 e. The highest BCUT2D eigenvalue weighted by Gasteiger charge is 2.19. The summed E-state index contributed by atoms with van der Waals surface area (Å²) < 4.78 is 12.7. The average Bonchev–Trinajstić information content (AvgIpc) is 3.35. The van der Waals surface area contributed by atoms with E-state index in [1.165, 1.54) is 33.4 Å². The predicted octanol–water partition coefficient (Wildman–Crippen LogP) is 17.3. The molecule has 2 N–H and O–H groups in total. The molecule has 0 aliphatic rings. The van der Waals surface area contributed by atoms with Gasteiger partial charge in [-0.3, -0.25) is 0 Å². The Balaban J connectivity index is 0.000000237. The van der Waals surface area contributed by atoms with Crippen LogP contribution in [0.2, 0.25) is 0 Å². The van der Waals surface area contributed by atoms with Crippen LogP contribution >= 0.6 is 11.6 Å². The summed E-state index contributed by atoms with van der Waals surface area (Å²) in [5.74, 6) is 3.25. The number of halogens is 1. The highest BCUT2D eigenvalue weighted by Crippen LogP contribution is 2.41. The van der Waals surface area contributed by atoms with Crippen molar-refractivity contribution in [3.05, 3.63) is 217 Å². The topological polar surface area (TPSA) is 58.9 Å². The number of rotatable bonds is 12. The second-order valence-corrected chi connectivity index (χ2v) is 18.1. The van der Waals surface area contributed by atoms with E-state index < -0.39 is 0 Å². The maximum atomic E-state index is 10.0. The fraction of sp³-hybridized carbons (Fsp3) is 0.238. The first-order valence-electron chi connectivity index (χ1n) is 23.1. The molecule has 0 spiro atoms. The molecule has 4 nitrogen and oxygen atoms in total.